The molecule has 2 aromatic rings. The number of hydrogen-bond donors (Lipinski definition) is 3. The number of phenolic OH excluding ortho intramolecular Hbond substituents is 1. The van der Waals surface area contributed by atoms with E-state index in [4.69, 9.17) is 15.6 Å². The minimum Gasteiger partial charge on any atom is -0.507 e. The fraction of sp³-hybridized carbons (Fsp3) is 0.565. The summed E-state index contributed by atoms with van der Waals surface area (Å²) in [5.41, 5.74) is 12.1. The van der Waals surface area contributed by atoms with Crippen LogP contribution in [0.3, 0.4) is 0 Å². The average molecular weight is 396 g/mol. The molecule has 3 heterocycles. The highest BCUT2D eigenvalue weighted by Crippen LogP contribution is 2.47. The van der Waals surface area contributed by atoms with E-state index in [-0.39, 0.29) is 18.3 Å². The van der Waals surface area contributed by atoms with Gasteiger partial charge in [0.2, 0.25) is 0 Å². The Bertz CT molecular complexity index is 924. The number of aliphatic hydroxyl groups is 1. The maximum atomic E-state index is 10.8. The molecule has 2 aliphatic carbocycles. The number of nitrogens with two attached hydrogens (primary N) is 1. The molecule has 2 fully saturated rings. The number of benzene rings is 1. The number of fused-ring (bicyclic) bond motifs is 5. The summed E-state index contributed by atoms with van der Waals surface area (Å²) in [7, 11) is 0. The van der Waals surface area contributed by atoms with E-state index in [1.807, 2.05) is 6.07 Å². The van der Waals surface area contributed by atoms with Crippen molar-refractivity contribution in [2.75, 3.05) is 5.73 Å². The van der Waals surface area contributed by atoms with Crippen LogP contribution in [-0.2, 0) is 24.0 Å². The number of ether oxygens (including phenoxy) is 1. The van der Waals surface area contributed by atoms with Gasteiger partial charge in [-0.15, -0.1) is 10.2 Å². The molecule has 2 atom stereocenters. The smallest absolute Gasteiger partial charge is 0.152 e. The molecule has 1 unspecified atom stereocenters. The van der Waals surface area contributed by atoms with Crippen molar-refractivity contribution >= 4 is 5.82 Å². The fourth-order valence-electron chi connectivity index (χ4n) is 5.32. The van der Waals surface area contributed by atoms with E-state index >= 15 is 0 Å². The maximum absolute atomic E-state index is 10.8. The molecule has 1 aromatic heterocycles. The number of rotatable bonds is 1. The molecular formula is C23H29N3O3. The third-order valence-electron chi connectivity index (χ3n) is 6.84. The van der Waals surface area contributed by atoms with Crippen molar-refractivity contribution in [3.63, 3.8) is 0 Å². The van der Waals surface area contributed by atoms with E-state index < -0.39 is 0 Å². The van der Waals surface area contributed by atoms with E-state index in [9.17, 15) is 5.11 Å². The van der Waals surface area contributed by atoms with Crippen molar-refractivity contribution in [2.24, 2.45) is 0 Å². The number of phenols is 1. The first-order valence-corrected chi connectivity index (χ1v) is 10.9. The Hall–Kier alpha value is -2.18. The molecule has 0 radical (unpaired) electrons. The van der Waals surface area contributed by atoms with Gasteiger partial charge in [0.05, 0.1) is 18.3 Å². The normalized spacial score (nSPS) is 24.7. The van der Waals surface area contributed by atoms with Crippen LogP contribution in [-0.4, -0.2) is 32.6 Å². The summed E-state index contributed by atoms with van der Waals surface area (Å²) in [5.74, 6) is 0.842. The highest BCUT2D eigenvalue weighted by molar-refractivity contribution is 5.75. The van der Waals surface area contributed by atoms with Crippen LogP contribution >= 0.6 is 0 Å². The van der Waals surface area contributed by atoms with Gasteiger partial charge >= 0.3 is 0 Å². The second-order valence-electron chi connectivity index (χ2n) is 8.75. The zero-order valence-corrected chi connectivity index (χ0v) is 16.7. The van der Waals surface area contributed by atoms with Gasteiger partial charge in [0, 0.05) is 17.5 Å². The third kappa shape index (κ3) is 3.38. The Morgan fingerprint density at radius 2 is 1.79 bits per heavy atom. The van der Waals surface area contributed by atoms with Crippen LogP contribution in [0.5, 0.6) is 5.75 Å². The lowest BCUT2D eigenvalue weighted by Gasteiger charge is -2.26. The Morgan fingerprint density at radius 3 is 2.55 bits per heavy atom. The molecule has 2 aliphatic heterocycles. The molecule has 6 nitrogen and oxygen atoms in total. The second-order valence-corrected chi connectivity index (χ2v) is 8.75. The van der Waals surface area contributed by atoms with Crippen LogP contribution in [0.4, 0.5) is 5.82 Å². The van der Waals surface area contributed by atoms with Crippen LogP contribution in [0.15, 0.2) is 12.1 Å². The molecule has 1 saturated heterocycles. The first-order chi connectivity index (χ1) is 14.1. The van der Waals surface area contributed by atoms with Crippen LogP contribution in [0, 0.1) is 0 Å². The summed E-state index contributed by atoms with van der Waals surface area (Å²) in [5, 5.41) is 28.0. The van der Waals surface area contributed by atoms with Crippen molar-refractivity contribution < 1.29 is 14.9 Å². The number of nitrogen functional groups attached to an aromatic ring is 1. The zero-order chi connectivity index (χ0) is 20.0. The fourth-order valence-corrected chi connectivity index (χ4v) is 5.32. The van der Waals surface area contributed by atoms with Gasteiger partial charge in [-0.3, -0.25) is 0 Å². The van der Waals surface area contributed by atoms with E-state index in [1.165, 1.54) is 18.4 Å². The van der Waals surface area contributed by atoms with Gasteiger partial charge in [-0.05, 0) is 67.7 Å². The number of aliphatic hydroxyl groups excluding tert-OH is 1. The van der Waals surface area contributed by atoms with Gasteiger partial charge in [-0.25, -0.2) is 0 Å². The van der Waals surface area contributed by atoms with Crippen LogP contribution in [0.1, 0.15) is 73.3 Å². The molecule has 6 heteroatoms. The third-order valence-corrected chi connectivity index (χ3v) is 6.84. The number of aromatic hydroxyl groups is 1. The van der Waals surface area contributed by atoms with Crippen molar-refractivity contribution in [3.8, 4) is 17.0 Å². The largest absolute Gasteiger partial charge is 0.507 e. The standard InChI is InChI=1S/C18H19N3O2.C5H10O/c19-18-15-13(8-10-5-7-14(15)23-10)16(20-21-18)12-6-4-9-2-1-3-11(9)17(12)22;6-5-3-1-2-4-5/h4,6,10,14,22H,1-3,5,7-8H2,(H2,19,21);5-6H,1-4H2/t10?,14-;/m1./s1. The number of aromatic nitrogens is 2. The van der Waals surface area contributed by atoms with E-state index in [0.717, 1.165) is 79.3 Å². The van der Waals surface area contributed by atoms with Gasteiger partial charge in [-0.1, -0.05) is 18.9 Å². The second kappa shape index (κ2) is 7.58. The van der Waals surface area contributed by atoms with Crippen molar-refractivity contribution in [3.05, 3.63) is 34.4 Å². The van der Waals surface area contributed by atoms with Gasteiger partial charge in [0.25, 0.3) is 0 Å². The predicted octanol–water partition coefficient (Wildman–Crippen LogP) is 3.62. The Balaban J connectivity index is 0.000000262. The van der Waals surface area contributed by atoms with Crippen LogP contribution in [0.25, 0.3) is 11.3 Å². The summed E-state index contributed by atoms with van der Waals surface area (Å²) in [6.07, 6.45) is 10.8. The molecule has 6 rings (SSSR count). The quantitative estimate of drug-likeness (QED) is 0.682. The topological polar surface area (TPSA) is 101 Å². The van der Waals surface area contributed by atoms with Crippen molar-refractivity contribution in [1.29, 1.82) is 0 Å². The number of anilines is 1. The SMILES string of the molecule is Nc1nnc(-c2ccc3c(c2O)CCC3)c2c1[C@H]1CCC(C2)O1.OC1CCCC1. The molecule has 29 heavy (non-hydrogen) atoms. The van der Waals surface area contributed by atoms with Crippen molar-refractivity contribution in [2.45, 2.75) is 82.5 Å². The molecule has 4 N–H and O–H groups in total. The lowest BCUT2D eigenvalue weighted by atomic mass is 9.92. The zero-order valence-electron chi connectivity index (χ0n) is 16.7. The van der Waals surface area contributed by atoms with E-state index in [0.29, 0.717) is 11.6 Å². The van der Waals surface area contributed by atoms with Gasteiger partial charge in [0.15, 0.2) is 5.82 Å². The molecule has 154 valence electrons. The number of hydrogen-bond acceptors (Lipinski definition) is 6. The monoisotopic (exact) mass is 395 g/mol. The Kier molecular flexibility index (Phi) is 4.92. The van der Waals surface area contributed by atoms with E-state index in [1.54, 1.807) is 0 Å². The van der Waals surface area contributed by atoms with Crippen molar-refractivity contribution in [1.82, 2.24) is 10.2 Å². The minimum atomic E-state index is 0.0366. The summed E-state index contributed by atoms with van der Waals surface area (Å²) in [6.45, 7) is 0. The summed E-state index contributed by atoms with van der Waals surface area (Å²) in [6, 6.07) is 4.10. The predicted molar refractivity (Wildman–Crippen MR) is 111 cm³/mol. The lowest BCUT2D eigenvalue weighted by Crippen LogP contribution is -2.21. The molecule has 1 saturated carbocycles. The Labute approximate surface area is 171 Å². The maximum Gasteiger partial charge on any atom is 0.152 e. The Morgan fingerprint density at radius 1 is 0.966 bits per heavy atom. The number of nitrogens with zero attached hydrogens (tertiary/aromatic N) is 2. The molecule has 2 bridgehead atoms. The van der Waals surface area contributed by atoms with Gasteiger partial charge in [0.1, 0.15) is 11.4 Å². The highest BCUT2D eigenvalue weighted by atomic mass is 16.5. The van der Waals surface area contributed by atoms with Gasteiger partial charge in [-0.2, -0.15) is 0 Å². The first-order valence-electron chi connectivity index (χ1n) is 10.9. The lowest BCUT2D eigenvalue weighted by molar-refractivity contribution is 0.0326. The van der Waals surface area contributed by atoms with E-state index in [2.05, 4.69) is 16.3 Å². The molecule has 1 aromatic carbocycles. The van der Waals surface area contributed by atoms with Crippen LogP contribution in [0.2, 0.25) is 0 Å². The minimum absolute atomic E-state index is 0.0366. The molecule has 0 spiro atoms. The summed E-state index contributed by atoms with van der Waals surface area (Å²) < 4.78 is 5.99. The number of aryl methyl sites for hydroxylation is 1. The molecule has 0 amide bonds. The van der Waals surface area contributed by atoms with Crippen LogP contribution < -0.4 is 5.73 Å². The molecular weight excluding hydrogens is 366 g/mol. The molecule has 4 aliphatic rings. The summed E-state index contributed by atoms with van der Waals surface area (Å²) >= 11 is 0. The van der Waals surface area contributed by atoms with Gasteiger partial charge < -0.3 is 20.7 Å². The first kappa shape index (κ1) is 18.8. The highest BCUT2D eigenvalue weighted by Gasteiger charge is 2.38. The average Bonchev–Trinajstić information content (AvgIpc) is 3.46. The summed E-state index contributed by atoms with van der Waals surface area (Å²) in [4.78, 5) is 0.